The number of hydrogen-bond acceptors (Lipinski definition) is 3. The maximum Gasteiger partial charge on any atom is 0.138 e. The molecule has 0 amide bonds. The van der Waals surface area contributed by atoms with Crippen LogP contribution in [0.25, 0.3) is 0 Å². The zero-order valence-corrected chi connectivity index (χ0v) is 21.8. The van der Waals surface area contributed by atoms with Gasteiger partial charge in [0, 0.05) is 11.8 Å². The molecule has 3 heteroatoms. The predicted octanol–water partition coefficient (Wildman–Crippen LogP) is 6.56. The van der Waals surface area contributed by atoms with Crippen molar-refractivity contribution in [1.29, 1.82) is 0 Å². The summed E-state index contributed by atoms with van der Waals surface area (Å²) >= 11 is 0. The van der Waals surface area contributed by atoms with Gasteiger partial charge in [0.1, 0.15) is 5.78 Å². The molecule has 5 rings (SSSR count). The zero-order valence-electron chi connectivity index (χ0n) is 21.8. The Bertz CT molecular complexity index is 780. The number of ether oxygens (including phenoxy) is 1. The van der Waals surface area contributed by atoms with Crippen LogP contribution < -0.4 is 0 Å². The number of carbonyl (C=O) groups excluding carboxylic acids is 1. The molecule has 1 saturated heterocycles. The Balaban J connectivity index is 1.40. The van der Waals surface area contributed by atoms with Crippen molar-refractivity contribution in [2.45, 2.75) is 130 Å². The highest BCUT2D eigenvalue weighted by Crippen LogP contribution is 2.71. The molecule has 1 heterocycles. The number of aliphatic hydroxyl groups is 1. The van der Waals surface area contributed by atoms with E-state index in [1.807, 2.05) is 13.8 Å². The normalized spacial score (nSPS) is 52.9. The third-order valence-corrected chi connectivity index (χ3v) is 12.2. The summed E-state index contributed by atoms with van der Waals surface area (Å²) in [7, 11) is 0. The smallest absolute Gasteiger partial charge is 0.138 e. The lowest BCUT2D eigenvalue weighted by molar-refractivity contribution is -0.177. The van der Waals surface area contributed by atoms with Crippen molar-refractivity contribution in [3.8, 4) is 0 Å². The number of ketones is 1. The van der Waals surface area contributed by atoms with Gasteiger partial charge in [0.25, 0.3) is 0 Å². The van der Waals surface area contributed by atoms with Gasteiger partial charge >= 0.3 is 0 Å². The van der Waals surface area contributed by atoms with Crippen molar-refractivity contribution in [2.75, 3.05) is 0 Å². The quantitative estimate of drug-likeness (QED) is 0.525. The van der Waals surface area contributed by atoms with Crippen LogP contribution >= 0.6 is 0 Å². The van der Waals surface area contributed by atoms with E-state index in [2.05, 4.69) is 34.6 Å². The van der Waals surface area contributed by atoms with E-state index in [4.69, 9.17) is 4.74 Å². The minimum Gasteiger partial charge on any atom is -0.388 e. The lowest BCUT2D eigenvalue weighted by Gasteiger charge is -2.64. The molecule has 182 valence electrons. The Hall–Kier alpha value is -0.410. The zero-order chi connectivity index (χ0) is 23.3. The minimum absolute atomic E-state index is 0.0351. The van der Waals surface area contributed by atoms with Crippen LogP contribution in [0.4, 0.5) is 0 Å². The van der Waals surface area contributed by atoms with E-state index in [-0.39, 0.29) is 17.1 Å². The fraction of sp³-hybridized carbons (Fsp3) is 0.966. The van der Waals surface area contributed by atoms with E-state index >= 15 is 0 Å². The van der Waals surface area contributed by atoms with E-state index in [0.717, 1.165) is 43.4 Å². The second-order valence-corrected chi connectivity index (χ2v) is 14.4. The Morgan fingerprint density at radius 3 is 2.00 bits per heavy atom. The molecular formula is C29H48O3. The first-order valence-corrected chi connectivity index (χ1v) is 13.7. The van der Waals surface area contributed by atoms with E-state index in [1.54, 1.807) is 0 Å². The minimum atomic E-state index is -0.754. The van der Waals surface area contributed by atoms with Crippen LogP contribution in [0, 0.1) is 45.8 Å². The van der Waals surface area contributed by atoms with Crippen LogP contribution in [0.3, 0.4) is 0 Å². The van der Waals surface area contributed by atoms with Crippen molar-refractivity contribution < 1.29 is 14.6 Å². The van der Waals surface area contributed by atoms with E-state index in [1.165, 1.54) is 38.5 Å². The molecule has 0 unspecified atom stereocenters. The van der Waals surface area contributed by atoms with E-state index in [9.17, 15) is 9.90 Å². The number of Topliss-reactive ketones (excluding diaryl/α,β-unsaturated/α-hetero) is 1. The molecule has 4 aliphatic carbocycles. The van der Waals surface area contributed by atoms with Gasteiger partial charge in [-0.1, -0.05) is 27.7 Å². The van der Waals surface area contributed by atoms with Crippen LogP contribution in [0.1, 0.15) is 113 Å². The molecule has 1 aliphatic heterocycles. The monoisotopic (exact) mass is 444 g/mol. The molecule has 3 nitrogen and oxygen atoms in total. The highest BCUT2D eigenvalue weighted by atomic mass is 16.5. The molecule has 0 aromatic carbocycles. The number of hydrogen-bond donors (Lipinski definition) is 1. The molecule has 1 N–H and O–H groups in total. The molecule has 0 radical (unpaired) electrons. The molecule has 32 heavy (non-hydrogen) atoms. The fourth-order valence-corrected chi connectivity index (χ4v) is 10.4. The van der Waals surface area contributed by atoms with Gasteiger partial charge < -0.3 is 9.84 Å². The number of rotatable bonds is 2. The van der Waals surface area contributed by atoms with Gasteiger partial charge in [0.05, 0.1) is 17.3 Å². The molecule has 0 aromatic heterocycles. The SMILES string of the molecule is CC(C)(O)[C@@H]1CC[C@@](C)([C@H]2CC[C@]3(C)[C@@H]4CC[C@@H]5C(C)(C)C(=O)CC[C@]5(C)[C@H]4CC[C@@H]23)O1. The average molecular weight is 445 g/mol. The topological polar surface area (TPSA) is 46.5 Å². The highest BCUT2D eigenvalue weighted by molar-refractivity contribution is 5.85. The largest absolute Gasteiger partial charge is 0.388 e. The van der Waals surface area contributed by atoms with E-state index in [0.29, 0.717) is 28.4 Å². The molecule has 5 fully saturated rings. The van der Waals surface area contributed by atoms with Crippen LogP contribution in [0.2, 0.25) is 0 Å². The van der Waals surface area contributed by atoms with Gasteiger partial charge in [-0.05, 0) is 119 Å². The average Bonchev–Trinajstić information content (AvgIpc) is 3.27. The summed E-state index contributed by atoms with van der Waals surface area (Å²) in [4.78, 5) is 12.8. The van der Waals surface area contributed by atoms with Gasteiger partial charge in [-0.15, -0.1) is 0 Å². The van der Waals surface area contributed by atoms with E-state index < -0.39 is 5.60 Å². The summed E-state index contributed by atoms with van der Waals surface area (Å²) in [5, 5.41) is 10.6. The van der Waals surface area contributed by atoms with Gasteiger partial charge in [-0.2, -0.15) is 0 Å². The molecule has 4 saturated carbocycles. The summed E-state index contributed by atoms with van der Waals surface area (Å²) in [5.41, 5.74) is -0.250. The number of fused-ring (bicyclic) bond motifs is 5. The maximum absolute atomic E-state index is 12.8. The first-order chi connectivity index (χ1) is 14.7. The standard InChI is InChI=1S/C29H48O3/c1-25(2)22-11-10-18-19(28(22,6)16-13-23(25)30)8-9-20-21(12-15-27(18,20)5)29(7)17-14-24(32-29)26(3,4)31/h18-22,24,31H,8-17H2,1-7H3/t18-,19+,20+,21+,22-,24+,27-,28-,29+/m1/s1. The Morgan fingerprint density at radius 1 is 0.781 bits per heavy atom. The fourth-order valence-electron chi connectivity index (χ4n) is 10.4. The lowest BCUT2D eigenvalue weighted by Crippen LogP contribution is -2.59. The summed E-state index contributed by atoms with van der Waals surface area (Å²) in [6.45, 7) is 15.8. The van der Waals surface area contributed by atoms with Crippen molar-refractivity contribution >= 4 is 5.78 Å². The van der Waals surface area contributed by atoms with Crippen LogP contribution in [-0.4, -0.2) is 28.2 Å². The van der Waals surface area contributed by atoms with Gasteiger partial charge in [-0.3, -0.25) is 4.79 Å². The van der Waals surface area contributed by atoms with Crippen molar-refractivity contribution in [3.63, 3.8) is 0 Å². The molecule has 0 bridgehead atoms. The lowest BCUT2D eigenvalue weighted by atomic mass is 9.40. The van der Waals surface area contributed by atoms with Crippen molar-refractivity contribution in [2.24, 2.45) is 45.8 Å². The summed E-state index contributed by atoms with van der Waals surface area (Å²) in [6, 6.07) is 0. The Labute approximate surface area is 196 Å². The van der Waals surface area contributed by atoms with Crippen LogP contribution in [0.5, 0.6) is 0 Å². The molecule has 0 aromatic rings. The summed E-state index contributed by atoms with van der Waals surface area (Å²) in [6.07, 6.45) is 11.8. The van der Waals surface area contributed by atoms with Gasteiger partial charge in [0.2, 0.25) is 0 Å². The van der Waals surface area contributed by atoms with Gasteiger partial charge in [-0.25, -0.2) is 0 Å². The second kappa shape index (κ2) is 7.06. The van der Waals surface area contributed by atoms with Crippen molar-refractivity contribution in [3.05, 3.63) is 0 Å². The number of carbonyl (C=O) groups is 1. The molecular weight excluding hydrogens is 396 g/mol. The third-order valence-electron chi connectivity index (χ3n) is 12.2. The summed E-state index contributed by atoms with van der Waals surface area (Å²) in [5.74, 6) is 4.00. The second-order valence-electron chi connectivity index (χ2n) is 14.4. The molecule has 9 atom stereocenters. The molecule has 5 aliphatic rings. The highest BCUT2D eigenvalue weighted by Gasteiger charge is 2.65. The first kappa shape index (κ1) is 23.3. The predicted molar refractivity (Wildman–Crippen MR) is 128 cm³/mol. The maximum atomic E-state index is 12.8. The Morgan fingerprint density at radius 2 is 1.38 bits per heavy atom. The summed E-state index contributed by atoms with van der Waals surface area (Å²) < 4.78 is 6.68. The Kier molecular flexibility index (Phi) is 5.15. The molecule has 0 spiro atoms. The first-order valence-electron chi connectivity index (χ1n) is 13.7. The third kappa shape index (κ3) is 3.08. The van der Waals surface area contributed by atoms with Crippen molar-refractivity contribution in [1.82, 2.24) is 0 Å². The van der Waals surface area contributed by atoms with Gasteiger partial charge in [0.15, 0.2) is 0 Å². The van der Waals surface area contributed by atoms with Crippen LogP contribution in [-0.2, 0) is 9.53 Å². The van der Waals surface area contributed by atoms with Crippen LogP contribution in [0.15, 0.2) is 0 Å².